The molecule has 0 saturated heterocycles. The van der Waals surface area contributed by atoms with E-state index >= 15 is 0 Å². The van der Waals surface area contributed by atoms with Gasteiger partial charge in [-0.2, -0.15) is 4.31 Å². The highest BCUT2D eigenvalue weighted by molar-refractivity contribution is 7.89. The molecule has 0 saturated carbocycles. The lowest BCUT2D eigenvalue weighted by Crippen LogP contribution is -2.28. The van der Waals surface area contributed by atoms with Crippen LogP contribution in [0.2, 0.25) is 0 Å². The van der Waals surface area contributed by atoms with Crippen LogP contribution in [-0.2, 0) is 16.6 Å². The molecule has 0 radical (unpaired) electrons. The van der Waals surface area contributed by atoms with Gasteiger partial charge in [-0.15, -0.1) is 6.42 Å². The van der Waals surface area contributed by atoms with Crippen LogP contribution in [0.1, 0.15) is 19.4 Å². The van der Waals surface area contributed by atoms with Crippen LogP contribution in [0, 0.1) is 18.2 Å². The van der Waals surface area contributed by atoms with E-state index in [9.17, 15) is 12.8 Å². The van der Waals surface area contributed by atoms with Gasteiger partial charge in [0, 0.05) is 25.2 Å². The van der Waals surface area contributed by atoms with E-state index in [0.29, 0.717) is 5.56 Å². The van der Waals surface area contributed by atoms with Crippen molar-refractivity contribution in [3.8, 4) is 12.3 Å². The van der Waals surface area contributed by atoms with E-state index in [1.165, 1.54) is 19.2 Å². The highest BCUT2D eigenvalue weighted by atomic mass is 32.2. The third-order valence-corrected chi connectivity index (χ3v) is 4.54. The Kier molecular flexibility index (Phi) is 5.69. The fourth-order valence-electron chi connectivity index (χ4n) is 1.55. The van der Waals surface area contributed by atoms with Crippen LogP contribution in [0.5, 0.6) is 0 Å². The number of rotatable bonds is 6. The molecule has 1 aromatic carbocycles. The third kappa shape index (κ3) is 4.04. The second-order valence-corrected chi connectivity index (χ2v) is 6.80. The van der Waals surface area contributed by atoms with Crippen molar-refractivity contribution < 1.29 is 12.8 Å². The largest absolute Gasteiger partial charge is 0.310 e. The molecule has 0 amide bonds. The summed E-state index contributed by atoms with van der Waals surface area (Å²) >= 11 is 0. The predicted octanol–water partition coefficient (Wildman–Crippen LogP) is 1.58. The predicted molar refractivity (Wildman–Crippen MR) is 77.0 cm³/mol. The maximum absolute atomic E-state index is 13.7. The summed E-state index contributed by atoms with van der Waals surface area (Å²) in [6.07, 6.45) is 5.11. The summed E-state index contributed by atoms with van der Waals surface area (Å²) in [4.78, 5) is 0.0391. The van der Waals surface area contributed by atoms with Crippen molar-refractivity contribution in [1.82, 2.24) is 9.62 Å². The zero-order valence-electron chi connectivity index (χ0n) is 11.9. The lowest BCUT2D eigenvalue weighted by atomic mass is 10.2. The van der Waals surface area contributed by atoms with E-state index in [1.807, 2.05) is 13.8 Å². The molecule has 0 bridgehead atoms. The van der Waals surface area contributed by atoms with Gasteiger partial charge in [0.25, 0.3) is 0 Å². The van der Waals surface area contributed by atoms with Crippen LogP contribution >= 0.6 is 0 Å². The van der Waals surface area contributed by atoms with Crippen LogP contribution in [0.25, 0.3) is 0 Å². The first-order valence-corrected chi connectivity index (χ1v) is 7.64. The van der Waals surface area contributed by atoms with Crippen molar-refractivity contribution in [3.63, 3.8) is 0 Å². The highest BCUT2D eigenvalue weighted by Gasteiger charge is 2.21. The van der Waals surface area contributed by atoms with Gasteiger partial charge in [-0.3, -0.25) is 0 Å². The molecule has 110 valence electrons. The quantitative estimate of drug-likeness (QED) is 0.811. The molecule has 20 heavy (non-hydrogen) atoms. The van der Waals surface area contributed by atoms with E-state index in [2.05, 4.69) is 11.2 Å². The van der Waals surface area contributed by atoms with E-state index in [1.54, 1.807) is 0 Å². The first kappa shape index (κ1) is 16.6. The number of sulfonamides is 1. The first-order chi connectivity index (χ1) is 9.28. The normalized spacial score (nSPS) is 11.8. The number of benzene rings is 1. The molecule has 0 aliphatic carbocycles. The van der Waals surface area contributed by atoms with E-state index in [-0.39, 0.29) is 24.0 Å². The highest BCUT2D eigenvalue weighted by Crippen LogP contribution is 2.18. The summed E-state index contributed by atoms with van der Waals surface area (Å²) in [5.41, 5.74) is 0.314. The Morgan fingerprint density at radius 1 is 1.45 bits per heavy atom. The van der Waals surface area contributed by atoms with Gasteiger partial charge < -0.3 is 5.32 Å². The number of nitrogens with zero attached hydrogens (tertiary/aromatic N) is 1. The van der Waals surface area contributed by atoms with Crippen LogP contribution < -0.4 is 5.32 Å². The summed E-state index contributed by atoms with van der Waals surface area (Å²) < 4.78 is 39.2. The summed E-state index contributed by atoms with van der Waals surface area (Å²) in [5, 5.41) is 3.05. The molecule has 0 aliphatic rings. The van der Waals surface area contributed by atoms with Crippen LogP contribution in [0.15, 0.2) is 23.1 Å². The molecule has 4 nitrogen and oxygen atoms in total. The van der Waals surface area contributed by atoms with Crippen molar-refractivity contribution in [3.05, 3.63) is 29.6 Å². The minimum Gasteiger partial charge on any atom is -0.310 e. The molecule has 0 atom stereocenters. The van der Waals surface area contributed by atoms with Crippen molar-refractivity contribution in [2.45, 2.75) is 31.3 Å². The van der Waals surface area contributed by atoms with E-state index in [4.69, 9.17) is 6.42 Å². The van der Waals surface area contributed by atoms with Gasteiger partial charge in [-0.05, 0) is 18.2 Å². The van der Waals surface area contributed by atoms with Crippen molar-refractivity contribution in [2.75, 3.05) is 13.6 Å². The molecule has 1 rings (SSSR count). The smallest absolute Gasteiger partial charge is 0.243 e. The first-order valence-electron chi connectivity index (χ1n) is 6.20. The number of terminal acetylenes is 1. The summed E-state index contributed by atoms with van der Waals surface area (Å²) in [6, 6.07) is 3.93. The Balaban J connectivity index is 3.09. The average Bonchev–Trinajstić information content (AvgIpc) is 2.37. The van der Waals surface area contributed by atoms with Gasteiger partial charge >= 0.3 is 0 Å². The number of hydrogen-bond acceptors (Lipinski definition) is 3. The van der Waals surface area contributed by atoms with Gasteiger partial charge in [0.05, 0.1) is 11.4 Å². The molecule has 6 heteroatoms. The fraction of sp³-hybridized carbons (Fsp3) is 0.429. The maximum Gasteiger partial charge on any atom is 0.243 e. The van der Waals surface area contributed by atoms with Gasteiger partial charge in [0.1, 0.15) is 5.82 Å². The molecule has 0 aliphatic heterocycles. The molecule has 0 aromatic heterocycles. The van der Waals surface area contributed by atoms with Crippen LogP contribution in [-0.4, -0.2) is 32.4 Å². The topological polar surface area (TPSA) is 49.4 Å². The van der Waals surface area contributed by atoms with Crippen molar-refractivity contribution in [1.29, 1.82) is 0 Å². The molecular formula is C14H19FN2O2S. The Morgan fingerprint density at radius 3 is 2.65 bits per heavy atom. The fourth-order valence-corrected chi connectivity index (χ4v) is 2.69. The van der Waals surface area contributed by atoms with Crippen LogP contribution in [0.3, 0.4) is 0 Å². The Bertz CT molecular complexity index is 606. The lowest BCUT2D eigenvalue weighted by molar-refractivity contribution is 0.501. The molecule has 0 spiro atoms. The Hall–Kier alpha value is -1.42. The van der Waals surface area contributed by atoms with Crippen LogP contribution in [0.4, 0.5) is 4.39 Å². The van der Waals surface area contributed by atoms with Gasteiger partial charge in [-0.25, -0.2) is 12.8 Å². The third-order valence-electron chi connectivity index (χ3n) is 2.74. The molecular weight excluding hydrogens is 279 g/mol. The summed E-state index contributed by atoms with van der Waals surface area (Å²) in [5.74, 6) is 1.84. The van der Waals surface area contributed by atoms with Gasteiger partial charge in [0.15, 0.2) is 0 Å². The molecule has 1 aromatic rings. The molecule has 0 heterocycles. The lowest BCUT2D eigenvalue weighted by Gasteiger charge is -2.16. The maximum atomic E-state index is 13.7. The van der Waals surface area contributed by atoms with E-state index in [0.717, 1.165) is 10.4 Å². The monoisotopic (exact) mass is 298 g/mol. The SMILES string of the molecule is C#CCN(C)S(=O)(=O)c1ccc(F)c(CNC(C)C)c1. The molecule has 1 N–H and O–H groups in total. The Morgan fingerprint density at radius 2 is 2.10 bits per heavy atom. The van der Waals surface area contributed by atoms with Gasteiger partial charge in [-0.1, -0.05) is 19.8 Å². The zero-order chi connectivity index (χ0) is 15.3. The van der Waals surface area contributed by atoms with Crippen molar-refractivity contribution in [2.24, 2.45) is 0 Å². The summed E-state index contributed by atoms with van der Waals surface area (Å²) in [7, 11) is -2.29. The number of nitrogens with one attached hydrogen (secondary N) is 1. The Labute approximate surface area is 120 Å². The molecule has 0 fully saturated rings. The molecule has 0 unspecified atom stereocenters. The number of halogens is 1. The minimum atomic E-state index is -3.68. The average molecular weight is 298 g/mol. The van der Waals surface area contributed by atoms with Crippen molar-refractivity contribution >= 4 is 10.0 Å². The standard InChI is InChI=1S/C14H19FN2O2S/c1-5-8-17(4)20(18,19)13-6-7-14(15)12(9-13)10-16-11(2)3/h1,6-7,9,11,16H,8,10H2,2-4H3. The second-order valence-electron chi connectivity index (χ2n) is 4.75. The minimum absolute atomic E-state index is 0.0285. The number of hydrogen-bond donors (Lipinski definition) is 1. The summed E-state index contributed by atoms with van der Waals surface area (Å²) in [6.45, 7) is 4.10. The zero-order valence-corrected chi connectivity index (χ0v) is 12.7. The van der Waals surface area contributed by atoms with Gasteiger partial charge in [0.2, 0.25) is 10.0 Å². The van der Waals surface area contributed by atoms with E-state index < -0.39 is 15.8 Å². The second kappa shape index (κ2) is 6.84.